The van der Waals surface area contributed by atoms with Crippen molar-refractivity contribution in [3.63, 3.8) is 0 Å². The number of pyridine rings is 1. The van der Waals surface area contributed by atoms with Gasteiger partial charge in [0.2, 0.25) is 0 Å². The van der Waals surface area contributed by atoms with Crippen molar-refractivity contribution < 1.29 is 14.3 Å². The Morgan fingerprint density at radius 1 is 1.08 bits per heavy atom. The maximum absolute atomic E-state index is 12.3. The molecule has 0 unspecified atom stereocenters. The van der Waals surface area contributed by atoms with Crippen molar-refractivity contribution in [3.8, 4) is 0 Å². The van der Waals surface area contributed by atoms with Gasteiger partial charge in [0.1, 0.15) is 0 Å². The molecule has 0 radical (unpaired) electrons. The lowest BCUT2D eigenvalue weighted by molar-refractivity contribution is -0.123. The first-order valence-corrected chi connectivity index (χ1v) is 8.51. The molecule has 0 fully saturated rings. The zero-order valence-electron chi connectivity index (χ0n) is 13.7. The Bertz CT molecular complexity index is 991. The quantitative estimate of drug-likeness (QED) is 0.656. The number of nitrogens with one attached hydrogen (secondary N) is 1. The number of ether oxygens (including phenoxy) is 1. The Balaban J connectivity index is 1.68. The lowest BCUT2D eigenvalue weighted by Crippen LogP contribution is -2.30. The normalized spacial score (nSPS) is 11.8. The van der Waals surface area contributed by atoms with Crippen LogP contribution < -0.4 is 5.32 Å². The second-order valence-corrected chi connectivity index (χ2v) is 6.43. The zero-order chi connectivity index (χ0) is 18.7. The SMILES string of the molecule is C[C@@H](OC(=O)c1ccc2ccccc2c1)C(=O)Nc1ncc(Cl)cc1Cl. The van der Waals surface area contributed by atoms with Crippen LogP contribution in [0, 0.1) is 0 Å². The van der Waals surface area contributed by atoms with E-state index in [4.69, 9.17) is 27.9 Å². The van der Waals surface area contributed by atoms with Crippen LogP contribution in [-0.4, -0.2) is 23.0 Å². The summed E-state index contributed by atoms with van der Waals surface area (Å²) in [5.74, 6) is -0.987. The third kappa shape index (κ3) is 4.12. The van der Waals surface area contributed by atoms with Crippen molar-refractivity contribution in [2.75, 3.05) is 5.32 Å². The molecule has 0 bridgehead atoms. The molecule has 26 heavy (non-hydrogen) atoms. The van der Waals surface area contributed by atoms with Crippen LogP contribution in [0.15, 0.2) is 54.7 Å². The number of hydrogen-bond donors (Lipinski definition) is 1. The summed E-state index contributed by atoms with van der Waals surface area (Å²) in [6.07, 6.45) is 0.331. The van der Waals surface area contributed by atoms with E-state index in [1.54, 1.807) is 12.1 Å². The van der Waals surface area contributed by atoms with Gasteiger partial charge in [-0.25, -0.2) is 9.78 Å². The van der Waals surface area contributed by atoms with E-state index in [0.29, 0.717) is 10.6 Å². The molecule has 7 heteroatoms. The molecule has 1 atom stereocenters. The number of nitrogens with zero attached hydrogens (tertiary/aromatic N) is 1. The maximum Gasteiger partial charge on any atom is 0.338 e. The lowest BCUT2D eigenvalue weighted by Gasteiger charge is -2.14. The molecule has 1 amide bonds. The predicted molar refractivity (Wildman–Crippen MR) is 102 cm³/mol. The number of anilines is 1. The number of carbonyl (C=O) groups excluding carboxylic acids is 2. The highest BCUT2D eigenvalue weighted by atomic mass is 35.5. The fraction of sp³-hybridized carbons (Fsp3) is 0.105. The van der Waals surface area contributed by atoms with Gasteiger partial charge in [0.05, 0.1) is 15.6 Å². The number of amides is 1. The standard InChI is InChI=1S/C19H14Cl2N2O3/c1-11(18(24)23-17-16(21)9-15(20)10-22-17)26-19(25)14-7-6-12-4-2-3-5-13(12)8-14/h2-11H,1H3,(H,22,23,24)/t11-/m1/s1. The van der Waals surface area contributed by atoms with Crippen molar-refractivity contribution in [3.05, 3.63) is 70.3 Å². The van der Waals surface area contributed by atoms with Crippen LogP contribution in [0.25, 0.3) is 10.8 Å². The summed E-state index contributed by atoms with van der Waals surface area (Å²) in [5, 5.41) is 4.98. The van der Waals surface area contributed by atoms with Crippen LogP contribution in [0.1, 0.15) is 17.3 Å². The van der Waals surface area contributed by atoms with E-state index in [2.05, 4.69) is 10.3 Å². The molecular formula is C19H14Cl2N2O3. The molecule has 1 heterocycles. The predicted octanol–water partition coefficient (Wildman–Crippen LogP) is 4.73. The van der Waals surface area contributed by atoms with E-state index < -0.39 is 18.0 Å². The van der Waals surface area contributed by atoms with E-state index in [-0.39, 0.29) is 10.8 Å². The number of fused-ring (bicyclic) bond motifs is 1. The minimum absolute atomic E-state index is 0.148. The summed E-state index contributed by atoms with van der Waals surface area (Å²) in [5.41, 5.74) is 0.367. The lowest BCUT2D eigenvalue weighted by atomic mass is 10.1. The molecule has 0 saturated carbocycles. The van der Waals surface area contributed by atoms with Gasteiger partial charge < -0.3 is 10.1 Å². The van der Waals surface area contributed by atoms with Crippen molar-refractivity contribution in [1.29, 1.82) is 0 Å². The average molecular weight is 389 g/mol. The van der Waals surface area contributed by atoms with Gasteiger partial charge in [-0.1, -0.05) is 53.5 Å². The second kappa shape index (κ2) is 7.72. The van der Waals surface area contributed by atoms with Gasteiger partial charge in [0, 0.05) is 6.20 Å². The zero-order valence-corrected chi connectivity index (χ0v) is 15.2. The highest BCUT2D eigenvalue weighted by molar-refractivity contribution is 6.36. The number of hydrogen-bond acceptors (Lipinski definition) is 4. The highest BCUT2D eigenvalue weighted by Gasteiger charge is 2.20. The summed E-state index contributed by atoms with van der Waals surface area (Å²) in [6, 6.07) is 14.3. The molecule has 5 nitrogen and oxygen atoms in total. The monoisotopic (exact) mass is 388 g/mol. The molecule has 132 valence electrons. The number of carbonyl (C=O) groups is 2. The molecule has 0 aliphatic heterocycles. The van der Waals surface area contributed by atoms with Gasteiger partial charge in [0.25, 0.3) is 5.91 Å². The van der Waals surface area contributed by atoms with Crippen molar-refractivity contribution >= 4 is 51.7 Å². The Morgan fingerprint density at radius 2 is 1.81 bits per heavy atom. The van der Waals surface area contributed by atoms with Crippen LogP contribution in [0.2, 0.25) is 10.0 Å². The summed E-state index contributed by atoms with van der Waals surface area (Å²) < 4.78 is 5.24. The van der Waals surface area contributed by atoms with Gasteiger partial charge in [-0.2, -0.15) is 0 Å². The molecule has 0 aliphatic rings. The fourth-order valence-electron chi connectivity index (χ4n) is 2.32. The van der Waals surface area contributed by atoms with Crippen LogP contribution in [0.3, 0.4) is 0 Å². The second-order valence-electron chi connectivity index (χ2n) is 5.58. The molecular weight excluding hydrogens is 375 g/mol. The average Bonchev–Trinajstić information content (AvgIpc) is 2.63. The van der Waals surface area contributed by atoms with E-state index in [1.165, 1.54) is 19.2 Å². The van der Waals surface area contributed by atoms with Crippen molar-refractivity contribution in [1.82, 2.24) is 4.98 Å². The molecule has 1 aromatic heterocycles. The van der Waals surface area contributed by atoms with Gasteiger partial charge in [-0.15, -0.1) is 0 Å². The molecule has 1 N–H and O–H groups in total. The summed E-state index contributed by atoms with van der Waals surface area (Å²) >= 11 is 11.7. The van der Waals surface area contributed by atoms with Crippen LogP contribution >= 0.6 is 23.2 Å². The number of aromatic nitrogens is 1. The third-order valence-electron chi connectivity index (χ3n) is 3.69. The van der Waals surface area contributed by atoms with Crippen LogP contribution in [0.4, 0.5) is 5.82 Å². The summed E-state index contributed by atoms with van der Waals surface area (Å²) in [6.45, 7) is 1.47. The third-order valence-corrected chi connectivity index (χ3v) is 4.18. The largest absolute Gasteiger partial charge is 0.449 e. The van der Waals surface area contributed by atoms with Gasteiger partial charge >= 0.3 is 5.97 Å². The molecule has 3 rings (SSSR count). The topological polar surface area (TPSA) is 68.3 Å². The fourth-order valence-corrected chi connectivity index (χ4v) is 2.75. The summed E-state index contributed by atoms with van der Waals surface area (Å²) in [4.78, 5) is 28.5. The smallest absolute Gasteiger partial charge is 0.338 e. The summed E-state index contributed by atoms with van der Waals surface area (Å²) in [7, 11) is 0. The van der Waals surface area contributed by atoms with Gasteiger partial charge in [-0.3, -0.25) is 4.79 Å². The Kier molecular flexibility index (Phi) is 5.40. The number of benzene rings is 2. The minimum atomic E-state index is -1.03. The van der Waals surface area contributed by atoms with Gasteiger partial charge in [0.15, 0.2) is 11.9 Å². The first-order chi connectivity index (χ1) is 12.4. The first kappa shape index (κ1) is 18.2. The van der Waals surface area contributed by atoms with Crippen LogP contribution in [-0.2, 0) is 9.53 Å². The maximum atomic E-state index is 12.3. The minimum Gasteiger partial charge on any atom is -0.449 e. The van der Waals surface area contributed by atoms with Gasteiger partial charge in [-0.05, 0) is 35.9 Å². The Morgan fingerprint density at radius 3 is 2.54 bits per heavy atom. The van der Waals surface area contributed by atoms with E-state index in [0.717, 1.165) is 10.8 Å². The van der Waals surface area contributed by atoms with E-state index in [1.807, 2.05) is 30.3 Å². The number of halogens is 2. The number of esters is 1. The van der Waals surface area contributed by atoms with E-state index in [9.17, 15) is 9.59 Å². The first-order valence-electron chi connectivity index (χ1n) is 7.76. The van der Waals surface area contributed by atoms with Crippen molar-refractivity contribution in [2.45, 2.75) is 13.0 Å². The number of rotatable bonds is 4. The molecule has 0 spiro atoms. The Hall–Kier alpha value is -2.63. The molecule has 2 aromatic carbocycles. The van der Waals surface area contributed by atoms with E-state index >= 15 is 0 Å². The molecule has 0 aliphatic carbocycles. The highest BCUT2D eigenvalue weighted by Crippen LogP contribution is 2.23. The van der Waals surface area contributed by atoms with Crippen molar-refractivity contribution in [2.24, 2.45) is 0 Å². The Labute approximate surface area is 159 Å². The molecule has 0 saturated heterocycles. The molecule has 3 aromatic rings. The van der Waals surface area contributed by atoms with Crippen LogP contribution in [0.5, 0.6) is 0 Å².